The minimum absolute atomic E-state index is 0.0389. The van der Waals surface area contributed by atoms with E-state index in [9.17, 15) is 10.2 Å². The lowest BCUT2D eigenvalue weighted by molar-refractivity contribution is 0.0958. The van der Waals surface area contributed by atoms with Crippen LogP contribution < -0.4 is 5.32 Å². The van der Waals surface area contributed by atoms with Crippen LogP contribution >= 0.6 is 0 Å². The first-order valence-corrected chi connectivity index (χ1v) is 9.13. The van der Waals surface area contributed by atoms with Gasteiger partial charge in [-0.1, -0.05) is 54.6 Å². The zero-order chi connectivity index (χ0) is 18.0. The molecule has 0 aliphatic heterocycles. The average Bonchev–Trinajstić information content (AvgIpc) is 2.94. The van der Waals surface area contributed by atoms with Crippen molar-refractivity contribution < 1.29 is 10.2 Å². The Bertz CT molecular complexity index is 675. The van der Waals surface area contributed by atoms with Crippen molar-refractivity contribution in [3.05, 3.63) is 60.2 Å². The summed E-state index contributed by atoms with van der Waals surface area (Å²) in [4.78, 5) is 0. The van der Waals surface area contributed by atoms with Crippen LogP contribution in [0.5, 0.6) is 0 Å². The van der Waals surface area contributed by atoms with Crippen LogP contribution in [0, 0.1) is 5.92 Å². The second-order valence-electron chi connectivity index (χ2n) is 8.23. The van der Waals surface area contributed by atoms with Crippen LogP contribution in [0.25, 0.3) is 11.1 Å². The highest BCUT2D eigenvalue weighted by molar-refractivity contribution is 5.63. The summed E-state index contributed by atoms with van der Waals surface area (Å²) in [5, 5.41) is 24.6. The highest BCUT2D eigenvalue weighted by Gasteiger charge is 2.38. The van der Waals surface area contributed by atoms with Crippen molar-refractivity contribution in [1.82, 2.24) is 5.32 Å². The molecule has 1 aliphatic carbocycles. The van der Waals surface area contributed by atoms with E-state index in [4.69, 9.17) is 0 Å². The molecular weight excluding hydrogens is 310 g/mol. The average molecular weight is 339 g/mol. The smallest absolute Gasteiger partial charge is 0.0819 e. The fourth-order valence-electron chi connectivity index (χ4n) is 3.80. The lowest BCUT2D eigenvalue weighted by Crippen LogP contribution is -2.47. The largest absolute Gasteiger partial charge is 0.391 e. The Morgan fingerprint density at radius 2 is 1.52 bits per heavy atom. The van der Waals surface area contributed by atoms with Gasteiger partial charge in [0.2, 0.25) is 0 Å². The van der Waals surface area contributed by atoms with E-state index in [1.807, 2.05) is 30.3 Å². The van der Waals surface area contributed by atoms with Gasteiger partial charge in [-0.15, -0.1) is 0 Å². The molecule has 2 aromatic rings. The first kappa shape index (κ1) is 18.1. The van der Waals surface area contributed by atoms with Crippen molar-refractivity contribution in [2.45, 2.75) is 57.4 Å². The highest BCUT2D eigenvalue weighted by atomic mass is 16.3. The fraction of sp³-hybridized carbons (Fsp3) is 0.455. The normalized spacial score (nSPS) is 25.1. The Morgan fingerprint density at radius 3 is 2.12 bits per heavy atom. The summed E-state index contributed by atoms with van der Waals surface area (Å²) in [5.41, 5.74) is 3.21. The summed E-state index contributed by atoms with van der Waals surface area (Å²) in [5.74, 6) is 0.0809. The third kappa shape index (κ3) is 4.49. The van der Waals surface area contributed by atoms with Gasteiger partial charge in [-0.3, -0.25) is 0 Å². The molecule has 0 aromatic heterocycles. The summed E-state index contributed by atoms with van der Waals surface area (Å²) < 4.78 is 0. The summed E-state index contributed by atoms with van der Waals surface area (Å²) in [6, 6.07) is 18.4. The van der Waals surface area contributed by atoms with Gasteiger partial charge in [0.1, 0.15) is 0 Å². The molecule has 1 saturated carbocycles. The monoisotopic (exact) mass is 339 g/mol. The van der Waals surface area contributed by atoms with Crippen LogP contribution in [0.1, 0.15) is 45.3 Å². The quantitative estimate of drug-likeness (QED) is 0.791. The molecule has 3 N–H and O–H groups in total. The van der Waals surface area contributed by atoms with E-state index in [1.54, 1.807) is 0 Å². The van der Waals surface area contributed by atoms with Gasteiger partial charge in [-0.25, -0.2) is 0 Å². The number of hydrogen-bond acceptors (Lipinski definition) is 3. The van der Waals surface area contributed by atoms with Crippen LogP contribution in [0.4, 0.5) is 0 Å². The lowest BCUT2D eigenvalue weighted by Gasteiger charge is -2.28. The van der Waals surface area contributed by atoms with Crippen LogP contribution in [0.15, 0.2) is 54.6 Å². The number of aliphatic hydroxyl groups excluding tert-OH is 2. The van der Waals surface area contributed by atoms with Crippen molar-refractivity contribution >= 4 is 0 Å². The first-order valence-electron chi connectivity index (χ1n) is 9.13. The molecule has 0 heterocycles. The maximum Gasteiger partial charge on any atom is 0.0819 e. The van der Waals surface area contributed by atoms with Crippen LogP contribution in [-0.2, 0) is 0 Å². The highest BCUT2D eigenvalue weighted by Crippen LogP contribution is 2.37. The molecule has 3 rings (SSSR count). The molecular formula is C22H29NO2. The van der Waals surface area contributed by atoms with Crippen molar-refractivity contribution in [2.24, 2.45) is 5.92 Å². The van der Waals surface area contributed by atoms with Gasteiger partial charge in [0.15, 0.2) is 0 Å². The Balaban J connectivity index is 1.68. The van der Waals surface area contributed by atoms with E-state index in [-0.39, 0.29) is 17.5 Å². The molecule has 3 heteroatoms. The third-order valence-corrected chi connectivity index (χ3v) is 4.99. The molecule has 0 saturated heterocycles. The van der Waals surface area contributed by atoms with Crippen molar-refractivity contribution in [2.75, 3.05) is 0 Å². The zero-order valence-electron chi connectivity index (χ0n) is 15.3. The maximum atomic E-state index is 10.8. The van der Waals surface area contributed by atoms with Crippen LogP contribution in [0.2, 0.25) is 0 Å². The topological polar surface area (TPSA) is 52.5 Å². The molecule has 25 heavy (non-hydrogen) atoms. The van der Waals surface area contributed by atoms with Crippen molar-refractivity contribution in [3.63, 3.8) is 0 Å². The summed E-state index contributed by atoms with van der Waals surface area (Å²) in [6.07, 6.45) is 0.490. The predicted molar refractivity (Wildman–Crippen MR) is 102 cm³/mol. The Morgan fingerprint density at radius 1 is 0.920 bits per heavy atom. The van der Waals surface area contributed by atoms with Crippen LogP contribution in [0.3, 0.4) is 0 Å². The van der Waals surface area contributed by atoms with Crippen molar-refractivity contribution in [3.8, 4) is 11.1 Å². The number of benzene rings is 2. The molecule has 1 aliphatic rings. The van der Waals surface area contributed by atoms with Gasteiger partial charge in [0, 0.05) is 11.6 Å². The third-order valence-electron chi connectivity index (χ3n) is 4.99. The molecule has 3 nitrogen and oxygen atoms in total. The Hall–Kier alpha value is -1.68. The van der Waals surface area contributed by atoms with Crippen molar-refractivity contribution in [1.29, 1.82) is 0 Å². The molecule has 1 unspecified atom stereocenters. The van der Waals surface area contributed by atoms with Gasteiger partial charge in [0.05, 0.1) is 12.2 Å². The van der Waals surface area contributed by atoms with E-state index < -0.39 is 12.2 Å². The number of nitrogens with one attached hydrogen (secondary N) is 1. The van der Waals surface area contributed by atoms with Gasteiger partial charge < -0.3 is 15.5 Å². The summed E-state index contributed by atoms with van der Waals surface area (Å²) in [6.45, 7) is 6.31. The predicted octanol–water partition coefficient (Wildman–Crippen LogP) is 3.91. The molecule has 0 bridgehead atoms. The SMILES string of the molecule is CC(C)(C)N[C@@H]1C[C@@H](C(O)c2ccc(-c3ccccc3)cc2)C[C@H]1O. The maximum absolute atomic E-state index is 10.8. The zero-order valence-corrected chi connectivity index (χ0v) is 15.3. The molecule has 0 radical (unpaired) electrons. The van der Waals surface area contributed by atoms with Gasteiger partial charge in [0.25, 0.3) is 0 Å². The number of hydrogen-bond donors (Lipinski definition) is 3. The minimum atomic E-state index is -0.536. The first-order chi connectivity index (χ1) is 11.8. The molecule has 0 spiro atoms. The molecule has 1 fully saturated rings. The second kappa shape index (κ2) is 7.28. The molecule has 0 amide bonds. The second-order valence-corrected chi connectivity index (χ2v) is 8.23. The standard InChI is InChI=1S/C22H29NO2/c1-22(2,3)23-19-13-18(14-20(19)24)21(25)17-11-9-16(10-12-17)15-7-5-4-6-8-15/h4-12,18-21,23-25H,13-14H2,1-3H3/t18-,19-,20-,21?/m1/s1. The molecule has 134 valence electrons. The van der Waals surface area contributed by atoms with E-state index in [0.717, 1.165) is 17.5 Å². The molecule has 2 aromatic carbocycles. The fourth-order valence-corrected chi connectivity index (χ4v) is 3.80. The summed E-state index contributed by atoms with van der Waals surface area (Å²) >= 11 is 0. The van der Waals surface area contributed by atoms with E-state index in [1.165, 1.54) is 5.56 Å². The number of aliphatic hydroxyl groups is 2. The lowest BCUT2D eigenvalue weighted by atomic mass is 9.92. The van der Waals surface area contributed by atoms with E-state index >= 15 is 0 Å². The van der Waals surface area contributed by atoms with E-state index in [2.05, 4.69) is 50.4 Å². The van der Waals surface area contributed by atoms with Gasteiger partial charge in [-0.05, 0) is 56.2 Å². The van der Waals surface area contributed by atoms with Gasteiger partial charge >= 0.3 is 0 Å². The Kier molecular flexibility index (Phi) is 5.28. The Labute approximate surface area is 150 Å². The van der Waals surface area contributed by atoms with Crippen LogP contribution in [-0.4, -0.2) is 27.9 Å². The van der Waals surface area contributed by atoms with E-state index in [0.29, 0.717) is 6.42 Å². The molecule has 4 atom stereocenters. The summed E-state index contributed by atoms with van der Waals surface area (Å²) in [7, 11) is 0. The minimum Gasteiger partial charge on any atom is -0.391 e. The van der Waals surface area contributed by atoms with Gasteiger partial charge in [-0.2, -0.15) is 0 Å². The number of rotatable bonds is 4.